The van der Waals surface area contributed by atoms with E-state index in [-0.39, 0.29) is 17.2 Å². The van der Waals surface area contributed by atoms with Crippen LogP contribution in [-0.4, -0.2) is 58.4 Å². The summed E-state index contributed by atoms with van der Waals surface area (Å²) in [6.45, 7) is 1.41. The number of carbonyl (C=O) groups excluding carboxylic acids is 1. The molecule has 1 heterocycles. The van der Waals surface area contributed by atoms with E-state index < -0.39 is 18.0 Å². The third kappa shape index (κ3) is 5.09. The van der Waals surface area contributed by atoms with Gasteiger partial charge >= 0.3 is 11.9 Å². The van der Waals surface area contributed by atoms with Crippen LogP contribution in [0.5, 0.6) is 11.5 Å². The Labute approximate surface area is 188 Å². The molecule has 0 saturated carbocycles. The monoisotopic (exact) mass is 456 g/mol. The van der Waals surface area contributed by atoms with Gasteiger partial charge in [-0.3, -0.25) is 9.69 Å². The molecule has 0 spiro atoms. The van der Waals surface area contributed by atoms with Crippen LogP contribution < -0.4 is 9.47 Å². The first-order valence-corrected chi connectivity index (χ1v) is 10.2. The van der Waals surface area contributed by atoms with Crippen molar-refractivity contribution in [2.45, 2.75) is 13.0 Å². The third-order valence-electron chi connectivity index (χ3n) is 4.48. The van der Waals surface area contributed by atoms with Crippen LogP contribution in [0.2, 0.25) is 0 Å². The highest BCUT2D eigenvalue weighted by Gasteiger charge is 2.30. The van der Waals surface area contributed by atoms with Crippen molar-refractivity contribution in [1.29, 1.82) is 0 Å². The molecule has 1 amide bonds. The second kappa shape index (κ2) is 9.56. The summed E-state index contributed by atoms with van der Waals surface area (Å²) in [7, 11) is 3.04. The number of amidine groups is 1. The summed E-state index contributed by atoms with van der Waals surface area (Å²) in [5, 5.41) is 18.5. The van der Waals surface area contributed by atoms with Gasteiger partial charge in [-0.25, -0.2) is 14.6 Å². The van der Waals surface area contributed by atoms with E-state index in [0.29, 0.717) is 27.1 Å². The lowest BCUT2D eigenvalue weighted by atomic mass is 10.2. The Morgan fingerprint density at radius 1 is 1.12 bits per heavy atom. The molecule has 166 valence electrons. The number of ether oxygens (including phenoxy) is 2. The summed E-state index contributed by atoms with van der Waals surface area (Å²) in [6, 6.07) is 10.9. The predicted molar refractivity (Wildman–Crippen MR) is 120 cm³/mol. The van der Waals surface area contributed by atoms with Crippen molar-refractivity contribution in [3.05, 3.63) is 58.5 Å². The van der Waals surface area contributed by atoms with Crippen LogP contribution in [0.1, 0.15) is 22.8 Å². The largest absolute Gasteiger partial charge is 0.493 e. The Kier molecular flexibility index (Phi) is 6.84. The number of thioether (sulfide) groups is 1. The summed E-state index contributed by atoms with van der Waals surface area (Å²) in [6.07, 6.45) is 0.629. The first-order chi connectivity index (χ1) is 15.2. The summed E-state index contributed by atoms with van der Waals surface area (Å²) in [5.41, 5.74) is 1.33. The fourth-order valence-corrected chi connectivity index (χ4v) is 3.69. The zero-order chi connectivity index (χ0) is 23.4. The van der Waals surface area contributed by atoms with E-state index >= 15 is 0 Å². The Morgan fingerprint density at radius 2 is 1.81 bits per heavy atom. The standard InChI is InChI=1S/C22H20N2O7S/c1-12(20(26)27)31-16-9-4-13(10-17(16)30-3)11-18-19(25)24(2)22(32-18)23-15-7-5-14(6-8-15)21(28)29/h4-12H,1-3H3,(H,26,27)(H,28,29)/b18-11+,23-22?. The number of carbonyl (C=O) groups is 3. The van der Waals surface area contributed by atoms with E-state index in [2.05, 4.69) is 4.99 Å². The van der Waals surface area contributed by atoms with Gasteiger partial charge in [0.15, 0.2) is 22.8 Å². The molecule has 32 heavy (non-hydrogen) atoms. The molecule has 1 atom stereocenters. The van der Waals surface area contributed by atoms with Crippen molar-refractivity contribution in [2.75, 3.05) is 14.2 Å². The second-order valence-corrected chi connectivity index (χ2v) is 7.74. The van der Waals surface area contributed by atoms with Crippen LogP contribution in [0, 0.1) is 0 Å². The minimum atomic E-state index is -1.10. The van der Waals surface area contributed by atoms with Crippen LogP contribution >= 0.6 is 11.8 Å². The van der Waals surface area contributed by atoms with Crippen molar-refractivity contribution in [2.24, 2.45) is 4.99 Å². The molecule has 1 aliphatic rings. The molecule has 0 bridgehead atoms. The molecule has 9 nitrogen and oxygen atoms in total. The fraction of sp³-hybridized carbons (Fsp3) is 0.182. The van der Waals surface area contributed by atoms with E-state index in [4.69, 9.17) is 19.7 Å². The van der Waals surface area contributed by atoms with Gasteiger partial charge in [0.25, 0.3) is 5.91 Å². The molecular weight excluding hydrogens is 436 g/mol. The maximum Gasteiger partial charge on any atom is 0.344 e. The summed E-state index contributed by atoms with van der Waals surface area (Å²) >= 11 is 1.18. The summed E-state index contributed by atoms with van der Waals surface area (Å²) in [4.78, 5) is 40.9. The Morgan fingerprint density at radius 3 is 2.41 bits per heavy atom. The number of methoxy groups -OCH3 is 1. The Balaban J connectivity index is 1.83. The number of rotatable bonds is 7. The van der Waals surface area contributed by atoms with Gasteiger partial charge in [-0.1, -0.05) is 6.07 Å². The topological polar surface area (TPSA) is 126 Å². The number of likely N-dealkylation sites (N-methyl/N-ethyl adjacent to an activating group) is 1. The molecule has 1 saturated heterocycles. The van der Waals surface area contributed by atoms with Crippen molar-refractivity contribution < 1.29 is 34.1 Å². The number of hydrogen-bond donors (Lipinski definition) is 2. The van der Waals surface area contributed by atoms with Gasteiger partial charge in [0.2, 0.25) is 0 Å². The average Bonchev–Trinajstić information content (AvgIpc) is 3.02. The maximum absolute atomic E-state index is 12.7. The lowest BCUT2D eigenvalue weighted by Crippen LogP contribution is -2.23. The molecule has 2 aromatic rings. The van der Waals surface area contributed by atoms with Crippen LogP contribution in [0.3, 0.4) is 0 Å². The number of carboxylic acids is 2. The quantitative estimate of drug-likeness (QED) is 0.607. The smallest absolute Gasteiger partial charge is 0.344 e. The molecule has 3 rings (SSSR count). The fourth-order valence-electron chi connectivity index (χ4n) is 2.70. The van der Waals surface area contributed by atoms with Gasteiger partial charge in [0, 0.05) is 7.05 Å². The van der Waals surface area contributed by atoms with Gasteiger partial charge in [-0.2, -0.15) is 0 Å². The highest BCUT2D eigenvalue weighted by molar-refractivity contribution is 8.18. The molecular formula is C22H20N2O7S. The number of benzene rings is 2. The predicted octanol–water partition coefficient (Wildman–Crippen LogP) is 3.48. The van der Waals surface area contributed by atoms with Gasteiger partial charge in [-0.05, 0) is 66.7 Å². The Bertz CT molecular complexity index is 1130. The number of aromatic carboxylic acids is 1. The first kappa shape index (κ1) is 22.9. The van der Waals surface area contributed by atoms with Gasteiger partial charge < -0.3 is 19.7 Å². The van der Waals surface area contributed by atoms with E-state index in [9.17, 15) is 14.4 Å². The highest BCUT2D eigenvalue weighted by Crippen LogP contribution is 2.35. The van der Waals surface area contributed by atoms with Gasteiger partial charge in [-0.15, -0.1) is 0 Å². The molecule has 1 fully saturated rings. The van der Waals surface area contributed by atoms with E-state index in [0.717, 1.165) is 0 Å². The normalized spacial score (nSPS) is 17.0. The van der Waals surface area contributed by atoms with Crippen molar-refractivity contribution in [1.82, 2.24) is 4.90 Å². The molecule has 0 aliphatic carbocycles. The lowest BCUT2D eigenvalue weighted by Gasteiger charge is -2.14. The molecule has 0 aromatic heterocycles. The number of nitrogens with zero attached hydrogens (tertiary/aromatic N) is 2. The summed E-state index contributed by atoms with van der Waals surface area (Å²) in [5.74, 6) is -1.75. The minimum absolute atomic E-state index is 0.150. The van der Waals surface area contributed by atoms with Crippen LogP contribution in [0.15, 0.2) is 52.4 Å². The Hall–Kier alpha value is -3.79. The summed E-state index contributed by atoms with van der Waals surface area (Å²) < 4.78 is 10.7. The van der Waals surface area contributed by atoms with E-state index in [1.165, 1.54) is 42.8 Å². The number of amides is 1. The number of aliphatic imine (C=N–C) groups is 1. The third-order valence-corrected chi connectivity index (χ3v) is 5.54. The van der Waals surface area contributed by atoms with E-state index in [1.807, 2.05) is 0 Å². The molecule has 1 unspecified atom stereocenters. The van der Waals surface area contributed by atoms with Crippen LogP contribution in [0.25, 0.3) is 6.08 Å². The average molecular weight is 456 g/mol. The zero-order valence-electron chi connectivity index (χ0n) is 17.4. The lowest BCUT2D eigenvalue weighted by molar-refractivity contribution is -0.144. The molecule has 0 radical (unpaired) electrons. The maximum atomic E-state index is 12.7. The van der Waals surface area contributed by atoms with Gasteiger partial charge in [0.1, 0.15) is 0 Å². The second-order valence-electron chi connectivity index (χ2n) is 6.73. The molecule has 2 aromatic carbocycles. The van der Waals surface area contributed by atoms with Crippen LogP contribution in [0.4, 0.5) is 5.69 Å². The van der Waals surface area contributed by atoms with Crippen molar-refractivity contribution in [3.63, 3.8) is 0 Å². The minimum Gasteiger partial charge on any atom is -0.493 e. The number of aliphatic carboxylic acids is 1. The zero-order valence-corrected chi connectivity index (χ0v) is 18.3. The van der Waals surface area contributed by atoms with Gasteiger partial charge in [0.05, 0.1) is 23.3 Å². The highest BCUT2D eigenvalue weighted by atomic mass is 32.2. The number of carboxylic acid groups (broad SMARTS) is 2. The first-order valence-electron chi connectivity index (χ1n) is 9.36. The van der Waals surface area contributed by atoms with E-state index in [1.54, 1.807) is 43.5 Å². The SMILES string of the molecule is COc1cc(/C=C2/SC(=Nc3ccc(C(=O)O)cc3)N(C)C2=O)ccc1OC(C)C(=O)O. The number of hydrogen-bond acceptors (Lipinski definition) is 7. The van der Waals surface area contributed by atoms with Crippen molar-refractivity contribution in [3.8, 4) is 11.5 Å². The van der Waals surface area contributed by atoms with Crippen molar-refractivity contribution >= 4 is 46.5 Å². The molecule has 10 heteroatoms. The van der Waals surface area contributed by atoms with Crippen LogP contribution in [-0.2, 0) is 9.59 Å². The molecule has 1 aliphatic heterocycles. The molecule has 2 N–H and O–H groups in total.